The molecule has 2 aromatic heterocycles. The fourth-order valence-corrected chi connectivity index (χ4v) is 5.63. The number of nitrogens with one attached hydrogen (secondary N) is 1. The van der Waals surface area contributed by atoms with Crippen molar-refractivity contribution in [2.75, 3.05) is 11.4 Å². The van der Waals surface area contributed by atoms with Crippen LogP contribution in [0.1, 0.15) is 53.0 Å². The minimum atomic E-state index is -4.82. The summed E-state index contributed by atoms with van der Waals surface area (Å²) in [5.41, 5.74) is -4.32. The molecule has 0 radical (unpaired) electrons. The van der Waals surface area contributed by atoms with Crippen LogP contribution in [0.5, 0.6) is 0 Å². The van der Waals surface area contributed by atoms with Gasteiger partial charge in [-0.15, -0.1) is 0 Å². The number of hydrogen-bond donors (Lipinski definition) is 2. The lowest BCUT2D eigenvalue weighted by Gasteiger charge is -2.32. The van der Waals surface area contributed by atoms with E-state index < -0.39 is 46.7 Å². The molecule has 210 valence electrons. The number of aliphatic hydroxyl groups is 1. The molecule has 7 nitrogen and oxygen atoms in total. The first kappa shape index (κ1) is 28.3. The van der Waals surface area contributed by atoms with Gasteiger partial charge in [0, 0.05) is 25.0 Å². The highest BCUT2D eigenvalue weighted by molar-refractivity contribution is 6.31. The van der Waals surface area contributed by atoms with E-state index in [4.69, 9.17) is 23.2 Å². The Labute approximate surface area is 236 Å². The summed E-state index contributed by atoms with van der Waals surface area (Å²) in [7, 11) is 0. The van der Waals surface area contributed by atoms with E-state index in [0.29, 0.717) is 25.7 Å². The van der Waals surface area contributed by atoms with Gasteiger partial charge in [-0.3, -0.25) is 14.6 Å². The lowest BCUT2D eigenvalue weighted by molar-refractivity contribution is -0.141. The van der Waals surface area contributed by atoms with Gasteiger partial charge >= 0.3 is 6.18 Å². The first-order valence-electron chi connectivity index (χ1n) is 12.4. The molecule has 13 heteroatoms. The van der Waals surface area contributed by atoms with Gasteiger partial charge in [-0.1, -0.05) is 29.3 Å². The third-order valence-corrected chi connectivity index (χ3v) is 7.72. The number of carbonyl (C=O) groups is 2. The van der Waals surface area contributed by atoms with E-state index in [2.05, 4.69) is 15.3 Å². The molecule has 1 aliphatic heterocycles. The molecule has 1 aliphatic carbocycles. The molecule has 0 spiro atoms. The number of nitrogens with zero attached hydrogens (tertiary/aromatic N) is 3. The predicted molar refractivity (Wildman–Crippen MR) is 138 cm³/mol. The van der Waals surface area contributed by atoms with Crippen molar-refractivity contribution in [3.63, 3.8) is 0 Å². The van der Waals surface area contributed by atoms with Crippen molar-refractivity contribution in [1.82, 2.24) is 15.3 Å². The predicted octanol–water partition coefficient (Wildman–Crippen LogP) is 5.51. The summed E-state index contributed by atoms with van der Waals surface area (Å²) in [6, 6.07) is 7.50. The highest BCUT2D eigenvalue weighted by Crippen LogP contribution is 2.46. The van der Waals surface area contributed by atoms with Crippen LogP contribution in [0.4, 0.5) is 23.2 Å². The minimum absolute atomic E-state index is 0.0594. The zero-order valence-electron chi connectivity index (χ0n) is 20.7. The second-order valence-corrected chi connectivity index (χ2v) is 10.7. The highest BCUT2D eigenvalue weighted by atomic mass is 35.5. The van der Waals surface area contributed by atoms with E-state index in [0.717, 1.165) is 18.3 Å². The van der Waals surface area contributed by atoms with E-state index in [1.807, 2.05) is 0 Å². The van der Waals surface area contributed by atoms with E-state index in [9.17, 15) is 32.3 Å². The standard InChI is InChI=1S/C27H22Cl2F4N4O3/c28-15-6-9-21(34-11-15)26(40)22-19(30)2-1-3-20(22)37(25(26)39)13-14-4-7-17(8-5-14)36-24(38)18-10-16(29)12-35-23(18)27(31,32)33/h1-3,6,9-12,14,17,40H,4-5,7-8,13H2,(H,36,38). The first-order chi connectivity index (χ1) is 18.9. The Morgan fingerprint density at radius 1 is 1.07 bits per heavy atom. The van der Waals surface area contributed by atoms with Crippen molar-refractivity contribution < 1.29 is 32.3 Å². The highest BCUT2D eigenvalue weighted by Gasteiger charge is 2.54. The normalized spacial score (nSPS) is 22.8. The van der Waals surface area contributed by atoms with Crippen LogP contribution in [-0.2, 0) is 16.6 Å². The maximum Gasteiger partial charge on any atom is 0.434 e. The van der Waals surface area contributed by atoms with Gasteiger partial charge < -0.3 is 15.3 Å². The maximum absolute atomic E-state index is 15.0. The van der Waals surface area contributed by atoms with Crippen LogP contribution in [0.3, 0.4) is 0 Å². The Hall–Kier alpha value is -3.28. The fraction of sp³-hybridized carbons (Fsp3) is 0.333. The molecule has 0 bridgehead atoms. The fourth-order valence-electron chi connectivity index (χ4n) is 5.37. The van der Waals surface area contributed by atoms with Crippen LogP contribution in [0, 0.1) is 11.7 Å². The van der Waals surface area contributed by atoms with Crippen molar-refractivity contribution in [3.05, 3.63) is 87.2 Å². The van der Waals surface area contributed by atoms with Crippen LogP contribution in [0.2, 0.25) is 10.0 Å². The molecule has 2 aliphatic rings. The molecule has 5 rings (SSSR count). The molecule has 3 heterocycles. The Bertz CT molecular complexity index is 1460. The third kappa shape index (κ3) is 5.13. The molecule has 1 atom stereocenters. The summed E-state index contributed by atoms with van der Waals surface area (Å²) in [6.07, 6.45) is -0.804. The van der Waals surface area contributed by atoms with E-state index in [1.54, 1.807) is 6.07 Å². The molecule has 40 heavy (non-hydrogen) atoms. The number of anilines is 1. The molecule has 1 saturated carbocycles. The summed E-state index contributed by atoms with van der Waals surface area (Å²) in [6.45, 7) is 0.169. The van der Waals surface area contributed by atoms with Crippen molar-refractivity contribution in [3.8, 4) is 0 Å². The van der Waals surface area contributed by atoms with Gasteiger partial charge in [0.05, 0.1) is 32.6 Å². The lowest BCUT2D eigenvalue weighted by Crippen LogP contribution is -2.45. The largest absolute Gasteiger partial charge is 0.434 e. The molecule has 0 saturated heterocycles. The van der Waals surface area contributed by atoms with Crippen molar-refractivity contribution in [2.24, 2.45) is 5.92 Å². The van der Waals surface area contributed by atoms with E-state index >= 15 is 0 Å². The molecule has 1 unspecified atom stereocenters. The summed E-state index contributed by atoms with van der Waals surface area (Å²) < 4.78 is 55.0. The van der Waals surface area contributed by atoms with Crippen LogP contribution in [-0.4, -0.2) is 39.5 Å². The van der Waals surface area contributed by atoms with Gasteiger partial charge in [-0.05, 0) is 61.9 Å². The van der Waals surface area contributed by atoms with Gasteiger partial charge in [-0.2, -0.15) is 13.2 Å². The zero-order chi connectivity index (χ0) is 28.8. The SMILES string of the molecule is O=C(NC1CCC(CN2C(=O)C(O)(c3ccc(Cl)cn3)c3c(F)cccc32)CC1)c1cc(Cl)cnc1C(F)(F)F. The molecule has 1 fully saturated rings. The van der Waals surface area contributed by atoms with Crippen molar-refractivity contribution in [1.29, 1.82) is 0 Å². The Morgan fingerprint density at radius 3 is 2.42 bits per heavy atom. The number of fused-ring (bicyclic) bond motifs is 1. The second kappa shape index (κ2) is 10.6. The average Bonchev–Trinajstić information content (AvgIpc) is 3.12. The molecule has 2 amide bonds. The summed E-state index contributed by atoms with van der Waals surface area (Å²) in [5, 5.41) is 14.3. The van der Waals surface area contributed by atoms with Crippen molar-refractivity contribution >= 4 is 40.7 Å². The number of benzene rings is 1. The monoisotopic (exact) mass is 596 g/mol. The maximum atomic E-state index is 15.0. The quantitative estimate of drug-likeness (QED) is 0.379. The number of aromatic nitrogens is 2. The van der Waals surface area contributed by atoms with Gasteiger partial charge in [0.25, 0.3) is 11.8 Å². The third-order valence-electron chi connectivity index (χ3n) is 7.29. The first-order valence-corrected chi connectivity index (χ1v) is 13.1. The minimum Gasteiger partial charge on any atom is -0.370 e. The Balaban J connectivity index is 1.29. The van der Waals surface area contributed by atoms with E-state index in [-0.39, 0.29) is 39.5 Å². The Morgan fingerprint density at radius 2 is 1.77 bits per heavy atom. The van der Waals surface area contributed by atoms with Crippen molar-refractivity contribution in [2.45, 2.75) is 43.5 Å². The average molecular weight is 597 g/mol. The number of halogens is 6. The smallest absolute Gasteiger partial charge is 0.370 e. The van der Waals surface area contributed by atoms with Crippen LogP contribution in [0.15, 0.2) is 48.8 Å². The number of pyridine rings is 2. The number of amides is 2. The second-order valence-electron chi connectivity index (χ2n) is 9.86. The lowest BCUT2D eigenvalue weighted by atomic mass is 9.85. The molecular weight excluding hydrogens is 575 g/mol. The molecule has 2 N–H and O–H groups in total. The van der Waals surface area contributed by atoms with Gasteiger partial charge in [0.15, 0.2) is 5.69 Å². The number of carbonyl (C=O) groups excluding carboxylic acids is 2. The van der Waals surface area contributed by atoms with Gasteiger partial charge in [0.2, 0.25) is 5.60 Å². The summed E-state index contributed by atoms with van der Waals surface area (Å²) in [5.74, 6) is -2.50. The summed E-state index contributed by atoms with van der Waals surface area (Å²) >= 11 is 11.7. The molecule has 3 aromatic rings. The van der Waals surface area contributed by atoms with E-state index in [1.165, 1.54) is 29.3 Å². The Kier molecular flexibility index (Phi) is 7.49. The van der Waals surface area contributed by atoms with Gasteiger partial charge in [0.1, 0.15) is 5.82 Å². The number of alkyl halides is 3. The molecular formula is C27H22Cl2F4N4O3. The zero-order valence-corrected chi connectivity index (χ0v) is 22.2. The summed E-state index contributed by atoms with van der Waals surface area (Å²) in [4.78, 5) is 35.0. The van der Waals surface area contributed by atoms with Crippen LogP contribution >= 0.6 is 23.2 Å². The van der Waals surface area contributed by atoms with Crippen LogP contribution < -0.4 is 10.2 Å². The topological polar surface area (TPSA) is 95.4 Å². The number of rotatable bonds is 5. The number of hydrogen-bond acceptors (Lipinski definition) is 5. The van der Waals surface area contributed by atoms with Gasteiger partial charge in [-0.25, -0.2) is 9.37 Å². The van der Waals surface area contributed by atoms with Crippen LogP contribution in [0.25, 0.3) is 0 Å². The molecule has 1 aromatic carbocycles.